The van der Waals surface area contributed by atoms with E-state index in [4.69, 9.17) is 15.5 Å². The molecule has 1 aromatic heterocycles. The molecular formula is C8H15N5O2. The molecule has 0 aromatic carbocycles. The lowest BCUT2D eigenvalue weighted by molar-refractivity contribution is 0.316. The van der Waals surface area contributed by atoms with Crippen LogP contribution in [-0.2, 0) is 6.42 Å². The minimum atomic E-state index is 0.258. The Morgan fingerprint density at radius 1 is 1.60 bits per heavy atom. The summed E-state index contributed by atoms with van der Waals surface area (Å²) >= 11 is 0. The van der Waals surface area contributed by atoms with Crippen molar-refractivity contribution in [3.05, 3.63) is 12.2 Å². The maximum atomic E-state index is 8.28. The molecule has 0 atom stereocenters. The molecule has 15 heavy (non-hydrogen) atoms. The highest BCUT2D eigenvalue weighted by Crippen LogP contribution is 1.91. The van der Waals surface area contributed by atoms with E-state index in [2.05, 4.69) is 20.6 Å². The molecule has 0 saturated heterocycles. The van der Waals surface area contributed by atoms with Gasteiger partial charge in [-0.15, -0.1) is 0 Å². The van der Waals surface area contributed by atoms with Crippen LogP contribution in [0.15, 0.2) is 16.0 Å². The van der Waals surface area contributed by atoms with Crippen molar-refractivity contribution in [3.8, 4) is 0 Å². The first-order valence-corrected chi connectivity index (χ1v) is 4.75. The number of amidine groups is 1. The third-order valence-corrected chi connectivity index (χ3v) is 1.84. The number of aromatic nitrogens is 2. The van der Waals surface area contributed by atoms with Crippen molar-refractivity contribution in [1.82, 2.24) is 15.5 Å². The van der Waals surface area contributed by atoms with Gasteiger partial charge in [-0.1, -0.05) is 10.3 Å². The number of hydrogen-bond acceptors (Lipinski definition) is 6. The average Bonchev–Trinajstić information content (AvgIpc) is 2.75. The SMILES string of the molecule is NC(CCCNCCc1ncno1)=NO. The summed E-state index contributed by atoms with van der Waals surface area (Å²) < 4.78 is 4.82. The summed E-state index contributed by atoms with van der Waals surface area (Å²) in [5, 5.41) is 17.8. The molecule has 0 amide bonds. The predicted octanol–water partition coefficient (Wildman–Crippen LogP) is -0.272. The van der Waals surface area contributed by atoms with Gasteiger partial charge in [-0.25, -0.2) is 0 Å². The van der Waals surface area contributed by atoms with Crippen LogP contribution in [0, 0.1) is 0 Å². The first kappa shape index (κ1) is 11.4. The number of nitrogens with zero attached hydrogens (tertiary/aromatic N) is 3. The van der Waals surface area contributed by atoms with Gasteiger partial charge in [-0.2, -0.15) is 4.98 Å². The maximum absolute atomic E-state index is 8.28. The summed E-state index contributed by atoms with van der Waals surface area (Å²) in [6.07, 6.45) is 3.51. The zero-order valence-electron chi connectivity index (χ0n) is 8.39. The summed E-state index contributed by atoms with van der Waals surface area (Å²) in [7, 11) is 0. The Labute approximate surface area is 87.3 Å². The molecule has 1 aromatic rings. The Morgan fingerprint density at radius 3 is 3.13 bits per heavy atom. The monoisotopic (exact) mass is 213 g/mol. The Balaban J connectivity index is 1.94. The zero-order valence-corrected chi connectivity index (χ0v) is 8.39. The second kappa shape index (κ2) is 6.77. The second-order valence-electron chi connectivity index (χ2n) is 3.03. The van der Waals surface area contributed by atoms with E-state index in [0.717, 1.165) is 19.5 Å². The van der Waals surface area contributed by atoms with Gasteiger partial charge in [0.05, 0.1) is 0 Å². The molecule has 84 valence electrons. The van der Waals surface area contributed by atoms with Gasteiger partial charge in [-0.05, 0) is 13.0 Å². The first-order valence-electron chi connectivity index (χ1n) is 4.75. The summed E-state index contributed by atoms with van der Waals surface area (Å²) in [6.45, 7) is 1.59. The average molecular weight is 213 g/mol. The predicted molar refractivity (Wildman–Crippen MR) is 53.5 cm³/mol. The molecule has 0 spiro atoms. The third-order valence-electron chi connectivity index (χ3n) is 1.84. The topological polar surface area (TPSA) is 110 Å². The van der Waals surface area contributed by atoms with Gasteiger partial charge in [0.25, 0.3) is 0 Å². The number of hydrogen-bond donors (Lipinski definition) is 3. The van der Waals surface area contributed by atoms with E-state index >= 15 is 0 Å². The van der Waals surface area contributed by atoms with Crippen LogP contribution in [0.3, 0.4) is 0 Å². The lowest BCUT2D eigenvalue weighted by Gasteiger charge is -2.01. The summed E-state index contributed by atoms with van der Waals surface area (Å²) in [4.78, 5) is 3.89. The van der Waals surface area contributed by atoms with Gasteiger partial charge in [0, 0.05) is 19.4 Å². The van der Waals surface area contributed by atoms with E-state index in [1.165, 1.54) is 6.33 Å². The Hall–Kier alpha value is -1.63. The van der Waals surface area contributed by atoms with Crippen molar-refractivity contribution in [2.75, 3.05) is 13.1 Å². The molecular weight excluding hydrogens is 198 g/mol. The van der Waals surface area contributed by atoms with Crippen LogP contribution in [0.2, 0.25) is 0 Å². The summed E-state index contributed by atoms with van der Waals surface area (Å²) in [5.41, 5.74) is 5.30. The molecule has 0 aliphatic rings. The van der Waals surface area contributed by atoms with Crippen molar-refractivity contribution in [3.63, 3.8) is 0 Å². The van der Waals surface area contributed by atoms with Crippen molar-refractivity contribution in [2.24, 2.45) is 10.9 Å². The van der Waals surface area contributed by atoms with E-state index in [-0.39, 0.29) is 5.84 Å². The molecule has 1 rings (SSSR count). The smallest absolute Gasteiger partial charge is 0.227 e. The lowest BCUT2D eigenvalue weighted by Crippen LogP contribution is -2.21. The minimum Gasteiger partial charge on any atom is -0.409 e. The molecule has 0 aliphatic carbocycles. The molecule has 0 unspecified atom stereocenters. The normalized spacial score (nSPS) is 11.9. The number of rotatable bonds is 7. The second-order valence-corrected chi connectivity index (χ2v) is 3.03. The van der Waals surface area contributed by atoms with E-state index in [1.807, 2.05) is 0 Å². The molecule has 1 heterocycles. The van der Waals surface area contributed by atoms with Crippen molar-refractivity contribution in [1.29, 1.82) is 0 Å². The van der Waals surface area contributed by atoms with Crippen molar-refractivity contribution >= 4 is 5.84 Å². The fraction of sp³-hybridized carbons (Fsp3) is 0.625. The van der Waals surface area contributed by atoms with Crippen LogP contribution < -0.4 is 11.1 Å². The van der Waals surface area contributed by atoms with Crippen LogP contribution in [0.4, 0.5) is 0 Å². The largest absolute Gasteiger partial charge is 0.409 e. The zero-order chi connectivity index (χ0) is 10.9. The van der Waals surface area contributed by atoms with Crippen LogP contribution >= 0.6 is 0 Å². The van der Waals surface area contributed by atoms with E-state index < -0.39 is 0 Å². The van der Waals surface area contributed by atoms with Gasteiger partial charge in [-0.3, -0.25) is 0 Å². The van der Waals surface area contributed by atoms with Crippen LogP contribution in [0.5, 0.6) is 0 Å². The number of oxime groups is 1. The van der Waals surface area contributed by atoms with Gasteiger partial charge in [0.15, 0.2) is 6.33 Å². The highest BCUT2D eigenvalue weighted by Gasteiger charge is 1.98. The molecule has 0 aliphatic heterocycles. The fourth-order valence-electron chi connectivity index (χ4n) is 1.07. The molecule has 0 fully saturated rings. The molecule has 0 bridgehead atoms. The third kappa shape index (κ3) is 4.96. The van der Waals surface area contributed by atoms with Crippen LogP contribution in [0.25, 0.3) is 0 Å². The van der Waals surface area contributed by atoms with Crippen LogP contribution in [-0.4, -0.2) is 34.3 Å². The van der Waals surface area contributed by atoms with E-state index in [1.54, 1.807) is 0 Å². The van der Waals surface area contributed by atoms with E-state index in [9.17, 15) is 0 Å². The van der Waals surface area contributed by atoms with Gasteiger partial charge >= 0.3 is 0 Å². The van der Waals surface area contributed by atoms with Crippen molar-refractivity contribution in [2.45, 2.75) is 19.3 Å². The number of nitrogens with two attached hydrogens (primary N) is 1. The Bertz CT molecular complexity index is 285. The fourth-order valence-corrected chi connectivity index (χ4v) is 1.07. The summed E-state index contributed by atoms with van der Waals surface area (Å²) in [6, 6.07) is 0. The quantitative estimate of drug-likeness (QED) is 0.189. The minimum absolute atomic E-state index is 0.258. The molecule has 0 radical (unpaired) electrons. The van der Waals surface area contributed by atoms with E-state index in [0.29, 0.717) is 18.7 Å². The Kier molecular flexibility index (Phi) is 5.16. The van der Waals surface area contributed by atoms with Gasteiger partial charge in [0.1, 0.15) is 5.84 Å². The van der Waals surface area contributed by atoms with Crippen LogP contribution in [0.1, 0.15) is 18.7 Å². The Morgan fingerprint density at radius 2 is 2.47 bits per heavy atom. The highest BCUT2D eigenvalue weighted by atomic mass is 16.5. The standard InChI is InChI=1S/C8H15N5O2/c9-7(13-14)2-1-4-10-5-3-8-11-6-12-15-8/h6,10,14H,1-5H2,(H2,9,13). The maximum Gasteiger partial charge on any atom is 0.227 e. The molecule has 7 nitrogen and oxygen atoms in total. The highest BCUT2D eigenvalue weighted by molar-refractivity contribution is 5.79. The summed E-state index contributed by atoms with van der Waals surface area (Å²) in [5.74, 6) is 0.882. The number of nitrogens with one attached hydrogen (secondary N) is 1. The first-order chi connectivity index (χ1) is 7.33. The van der Waals surface area contributed by atoms with Crippen molar-refractivity contribution < 1.29 is 9.73 Å². The molecule has 7 heteroatoms. The molecule has 0 saturated carbocycles. The van der Waals surface area contributed by atoms with Gasteiger partial charge in [0.2, 0.25) is 5.89 Å². The van der Waals surface area contributed by atoms with Gasteiger partial charge < -0.3 is 20.8 Å². The molecule has 4 N–H and O–H groups in total. The lowest BCUT2D eigenvalue weighted by atomic mass is 10.3.